The maximum absolute atomic E-state index is 13.1. The summed E-state index contributed by atoms with van der Waals surface area (Å²) in [6.07, 6.45) is 2.24. The average molecular weight is 293 g/mol. The largest absolute Gasteiger partial charge is 0.481 e. The maximum atomic E-state index is 13.1. The van der Waals surface area contributed by atoms with Crippen molar-refractivity contribution in [2.45, 2.75) is 56.9 Å². The first-order valence-corrected chi connectivity index (χ1v) is 7.47. The van der Waals surface area contributed by atoms with Crippen LogP contribution in [0.2, 0.25) is 0 Å². The first-order valence-electron chi connectivity index (χ1n) is 7.47. The molecule has 0 spiro atoms. The number of piperidine rings is 1. The molecule has 2 heterocycles. The molecule has 2 saturated heterocycles. The predicted octanol–water partition coefficient (Wildman–Crippen LogP) is 2.11. The van der Waals surface area contributed by atoms with Crippen molar-refractivity contribution in [3.8, 4) is 5.75 Å². The number of carbonyl (C=O) groups is 1. The lowest BCUT2D eigenvalue weighted by atomic mass is 9.99. The van der Waals surface area contributed by atoms with Crippen LogP contribution >= 0.6 is 0 Å². The molecule has 2 aliphatic heterocycles. The van der Waals surface area contributed by atoms with E-state index in [-0.39, 0.29) is 29.9 Å². The van der Waals surface area contributed by atoms with E-state index < -0.39 is 6.10 Å². The quantitative estimate of drug-likeness (QED) is 0.928. The number of benzene rings is 1. The Morgan fingerprint density at radius 1 is 1.38 bits per heavy atom. The molecule has 1 N–H and O–H groups in total. The number of hydrogen-bond donors (Lipinski definition) is 1. The van der Waals surface area contributed by atoms with Gasteiger partial charge >= 0.3 is 0 Å². The molecular formula is C16H20FNO3. The number of amides is 1. The molecule has 3 rings (SSSR count). The van der Waals surface area contributed by atoms with E-state index in [1.54, 1.807) is 19.1 Å². The van der Waals surface area contributed by atoms with E-state index in [0.29, 0.717) is 18.6 Å². The number of hydrogen-bond acceptors (Lipinski definition) is 3. The van der Waals surface area contributed by atoms with Gasteiger partial charge in [-0.3, -0.25) is 4.79 Å². The second-order valence-electron chi connectivity index (χ2n) is 5.97. The third kappa shape index (κ3) is 2.88. The summed E-state index contributed by atoms with van der Waals surface area (Å²) < 4.78 is 18.7. The Balaban J connectivity index is 1.68. The fraction of sp³-hybridized carbons (Fsp3) is 0.562. The van der Waals surface area contributed by atoms with Crippen LogP contribution in [0.25, 0.3) is 0 Å². The van der Waals surface area contributed by atoms with Gasteiger partial charge < -0.3 is 14.7 Å². The first kappa shape index (κ1) is 14.3. The number of halogens is 1. The van der Waals surface area contributed by atoms with E-state index in [4.69, 9.17) is 4.74 Å². The fourth-order valence-electron chi connectivity index (χ4n) is 3.51. The molecule has 3 unspecified atom stereocenters. The van der Waals surface area contributed by atoms with Crippen molar-refractivity contribution in [3.63, 3.8) is 0 Å². The number of aliphatic hydroxyl groups is 1. The molecule has 0 saturated carbocycles. The topological polar surface area (TPSA) is 49.8 Å². The standard InChI is InChI=1S/C16H20FNO3/c1-10(21-15-4-2-3-11(17)7-15)16(20)18-12-5-6-13(18)9-14(19)8-12/h2-4,7,10,12-14,19H,5-6,8-9H2,1H3. The molecule has 21 heavy (non-hydrogen) atoms. The number of ether oxygens (including phenoxy) is 1. The highest BCUT2D eigenvalue weighted by Crippen LogP contribution is 2.36. The number of nitrogens with zero attached hydrogens (tertiary/aromatic N) is 1. The van der Waals surface area contributed by atoms with Crippen molar-refractivity contribution in [2.75, 3.05) is 0 Å². The van der Waals surface area contributed by atoms with Crippen LogP contribution in [-0.2, 0) is 4.79 Å². The van der Waals surface area contributed by atoms with Crippen LogP contribution < -0.4 is 4.74 Å². The molecule has 1 aromatic carbocycles. The molecule has 3 atom stereocenters. The molecule has 4 nitrogen and oxygen atoms in total. The van der Waals surface area contributed by atoms with E-state index in [0.717, 1.165) is 12.8 Å². The van der Waals surface area contributed by atoms with E-state index in [9.17, 15) is 14.3 Å². The highest BCUT2D eigenvalue weighted by molar-refractivity contribution is 5.82. The van der Waals surface area contributed by atoms with E-state index in [2.05, 4.69) is 0 Å². The summed E-state index contributed by atoms with van der Waals surface area (Å²) in [6.45, 7) is 1.69. The molecular weight excluding hydrogens is 273 g/mol. The molecule has 114 valence electrons. The summed E-state index contributed by atoms with van der Waals surface area (Å²) in [4.78, 5) is 14.5. The Morgan fingerprint density at radius 3 is 2.67 bits per heavy atom. The normalized spacial score (nSPS) is 29.3. The summed E-state index contributed by atoms with van der Waals surface area (Å²) in [5.41, 5.74) is 0. The van der Waals surface area contributed by atoms with Crippen LogP contribution in [-0.4, -0.2) is 40.2 Å². The molecule has 1 amide bonds. The van der Waals surface area contributed by atoms with Gasteiger partial charge in [0, 0.05) is 18.2 Å². The highest BCUT2D eigenvalue weighted by atomic mass is 19.1. The smallest absolute Gasteiger partial charge is 0.263 e. The van der Waals surface area contributed by atoms with Gasteiger partial charge in [0.25, 0.3) is 5.91 Å². The molecule has 2 bridgehead atoms. The van der Waals surface area contributed by atoms with Crippen molar-refractivity contribution in [2.24, 2.45) is 0 Å². The van der Waals surface area contributed by atoms with Gasteiger partial charge in [-0.05, 0) is 44.7 Å². The second kappa shape index (κ2) is 5.64. The maximum Gasteiger partial charge on any atom is 0.263 e. The SMILES string of the molecule is CC(Oc1cccc(F)c1)C(=O)N1C2CCC1CC(O)C2. The van der Waals surface area contributed by atoms with Crippen LogP contribution in [0.15, 0.2) is 24.3 Å². The lowest BCUT2D eigenvalue weighted by Crippen LogP contribution is -2.52. The monoisotopic (exact) mass is 293 g/mol. The Bertz CT molecular complexity index is 522. The summed E-state index contributed by atoms with van der Waals surface area (Å²) >= 11 is 0. The van der Waals surface area contributed by atoms with Crippen LogP contribution in [0, 0.1) is 5.82 Å². The number of aliphatic hydroxyl groups excluding tert-OH is 1. The Morgan fingerprint density at radius 2 is 2.05 bits per heavy atom. The van der Waals surface area contributed by atoms with Gasteiger partial charge in [-0.1, -0.05) is 6.07 Å². The van der Waals surface area contributed by atoms with Crippen LogP contribution in [0.5, 0.6) is 5.75 Å². The minimum atomic E-state index is -0.648. The van der Waals surface area contributed by atoms with Crippen molar-refractivity contribution in [1.82, 2.24) is 4.90 Å². The number of carbonyl (C=O) groups excluding carboxylic acids is 1. The minimum absolute atomic E-state index is 0.0707. The zero-order valence-corrected chi connectivity index (χ0v) is 12.0. The van der Waals surface area contributed by atoms with Gasteiger partial charge in [-0.15, -0.1) is 0 Å². The molecule has 2 fully saturated rings. The lowest BCUT2D eigenvalue weighted by Gasteiger charge is -2.38. The van der Waals surface area contributed by atoms with Crippen LogP contribution in [0.4, 0.5) is 4.39 Å². The summed E-state index contributed by atoms with van der Waals surface area (Å²) in [5, 5.41) is 9.78. The highest BCUT2D eigenvalue weighted by Gasteiger charge is 2.44. The van der Waals surface area contributed by atoms with E-state index in [1.807, 2.05) is 4.90 Å². The zero-order chi connectivity index (χ0) is 15.0. The van der Waals surface area contributed by atoms with Crippen LogP contribution in [0.1, 0.15) is 32.6 Å². The van der Waals surface area contributed by atoms with Crippen molar-refractivity contribution < 1.29 is 19.0 Å². The van der Waals surface area contributed by atoms with Crippen LogP contribution in [0.3, 0.4) is 0 Å². The molecule has 0 radical (unpaired) electrons. The molecule has 5 heteroatoms. The molecule has 1 aromatic rings. The third-order valence-corrected chi connectivity index (χ3v) is 4.42. The summed E-state index contributed by atoms with van der Waals surface area (Å²) in [6, 6.07) is 6.04. The van der Waals surface area contributed by atoms with Gasteiger partial charge in [-0.2, -0.15) is 0 Å². The minimum Gasteiger partial charge on any atom is -0.481 e. The van der Waals surface area contributed by atoms with Gasteiger partial charge in [-0.25, -0.2) is 4.39 Å². The third-order valence-electron chi connectivity index (χ3n) is 4.42. The van der Waals surface area contributed by atoms with E-state index in [1.165, 1.54) is 12.1 Å². The van der Waals surface area contributed by atoms with Gasteiger partial charge in [0.2, 0.25) is 0 Å². The van der Waals surface area contributed by atoms with Gasteiger partial charge in [0.1, 0.15) is 11.6 Å². The Labute approximate surface area is 123 Å². The van der Waals surface area contributed by atoms with Crippen molar-refractivity contribution in [3.05, 3.63) is 30.1 Å². The van der Waals surface area contributed by atoms with Crippen molar-refractivity contribution >= 4 is 5.91 Å². The lowest BCUT2D eigenvalue weighted by molar-refractivity contribution is -0.144. The summed E-state index contributed by atoms with van der Waals surface area (Å²) in [5.74, 6) is -0.0905. The van der Waals surface area contributed by atoms with E-state index >= 15 is 0 Å². The average Bonchev–Trinajstić information content (AvgIpc) is 2.70. The molecule has 0 aliphatic carbocycles. The van der Waals surface area contributed by atoms with Crippen molar-refractivity contribution in [1.29, 1.82) is 0 Å². The fourth-order valence-corrected chi connectivity index (χ4v) is 3.51. The number of fused-ring (bicyclic) bond motifs is 2. The Kier molecular flexibility index (Phi) is 3.85. The van der Waals surface area contributed by atoms with Gasteiger partial charge in [0.05, 0.1) is 6.10 Å². The zero-order valence-electron chi connectivity index (χ0n) is 12.0. The van der Waals surface area contributed by atoms with Gasteiger partial charge in [0.15, 0.2) is 6.10 Å². The first-order chi connectivity index (χ1) is 10.0. The molecule has 2 aliphatic rings. The number of rotatable bonds is 3. The molecule has 0 aromatic heterocycles. The summed E-state index contributed by atoms with van der Waals surface area (Å²) in [7, 11) is 0. The Hall–Kier alpha value is -1.62. The predicted molar refractivity (Wildman–Crippen MR) is 75.4 cm³/mol. The second-order valence-corrected chi connectivity index (χ2v) is 5.97.